The van der Waals surface area contributed by atoms with Gasteiger partial charge in [-0.3, -0.25) is 4.79 Å². The highest BCUT2D eigenvalue weighted by molar-refractivity contribution is 6.32. The van der Waals surface area contributed by atoms with Crippen LogP contribution in [0.1, 0.15) is 39.0 Å². The van der Waals surface area contributed by atoms with E-state index in [4.69, 9.17) is 21.4 Å². The van der Waals surface area contributed by atoms with Crippen LogP contribution in [0.15, 0.2) is 18.2 Å². The van der Waals surface area contributed by atoms with Crippen LogP contribution >= 0.6 is 11.6 Å². The molecule has 0 bridgehead atoms. The van der Waals surface area contributed by atoms with Crippen LogP contribution in [0.25, 0.3) is 0 Å². The second kappa shape index (κ2) is 7.55. The van der Waals surface area contributed by atoms with Crippen LogP contribution in [0.3, 0.4) is 0 Å². The summed E-state index contributed by atoms with van der Waals surface area (Å²) in [7, 11) is 0. The molecular formula is C16H22ClNO3. The zero-order valence-corrected chi connectivity index (χ0v) is 13.0. The number of ether oxygens (including phenoxy) is 1. The van der Waals surface area contributed by atoms with Crippen LogP contribution in [-0.2, 0) is 4.79 Å². The summed E-state index contributed by atoms with van der Waals surface area (Å²) < 4.78 is 5.54. The molecule has 1 aromatic carbocycles. The standard InChI is InChI=1S/C16H22ClNO3/c1-2-8-21-15-7-6-13(10-14(15)17)18-12-5-3-4-11(9-12)16(19)20/h6-7,10-12,18H,2-5,8-9H2,1H3,(H,19,20). The van der Waals surface area contributed by atoms with Crippen molar-refractivity contribution in [2.75, 3.05) is 11.9 Å². The average molecular weight is 312 g/mol. The Kier molecular flexibility index (Phi) is 5.74. The largest absolute Gasteiger partial charge is 0.492 e. The van der Waals surface area contributed by atoms with Crippen molar-refractivity contribution in [2.24, 2.45) is 5.92 Å². The summed E-state index contributed by atoms with van der Waals surface area (Å²) in [6.45, 7) is 2.70. The molecule has 116 valence electrons. The van der Waals surface area contributed by atoms with Crippen molar-refractivity contribution >= 4 is 23.3 Å². The van der Waals surface area contributed by atoms with Crippen LogP contribution in [-0.4, -0.2) is 23.7 Å². The van der Waals surface area contributed by atoms with E-state index in [0.29, 0.717) is 23.8 Å². The van der Waals surface area contributed by atoms with Crippen molar-refractivity contribution in [2.45, 2.75) is 45.1 Å². The van der Waals surface area contributed by atoms with E-state index in [1.54, 1.807) is 0 Å². The van der Waals surface area contributed by atoms with Gasteiger partial charge in [-0.2, -0.15) is 0 Å². The molecule has 0 saturated heterocycles. The van der Waals surface area contributed by atoms with Crippen molar-refractivity contribution in [3.05, 3.63) is 23.2 Å². The van der Waals surface area contributed by atoms with Crippen LogP contribution in [0, 0.1) is 5.92 Å². The van der Waals surface area contributed by atoms with Gasteiger partial charge in [-0.15, -0.1) is 0 Å². The summed E-state index contributed by atoms with van der Waals surface area (Å²) >= 11 is 6.20. The van der Waals surface area contributed by atoms with E-state index < -0.39 is 5.97 Å². The lowest BCUT2D eigenvalue weighted by molar-refractivity contribution is -0.142. The number of anilines is 1. The van der Waals surface area contributed by atoms with Gasteiger partial charge < -0.3 is 15.2 Å². The summed E-state index contributed by atoms with van der Waals surface area (Å²) in [5, 5.41) is 13.1. The Balaban J connectivity index is 1.96. The zero-order chi connectivity index (χ0) is 15.2. The smallest absolute Gasteiger partial charge is 0.306 e. The van der Waals surface area contributed by atoms with E-state index in [-0.39, 0.29) is 12.0 Å². The molecule has 1 aliphatic carbocycles. The predicted molar refractivity (Wildman–Crippen MR) is 84.2 cm³/mol. The number of carboxylic acids is 1. The molecule has 2 unspecified atom stereocenters. The SMILES string of the molecule is CCCOc1ccc(NC2CCCC(C(=O)O)C2)cc1Cl. The predicted octanol–water partition coefficient (Wildman–Crippen LogP) is 4.18. The summed E-state index contributed by atoms with van der Waals surface area (Å²) in [4.78, 5) is 11.1. The lowest BCUT2D eigenvalue weighted by Crippen LogP contribution is -2.30. The van der Waals surface area contributed by atoms with E-state index in [2.05, 4.69) is 5.32 Å². The quantitative estimate of drug-likeness (QED) is 0.827. The number of rotatable bonds is 6. The molecule has 1 aromatic rings. The number of hydrogen-bond donors (Lipinski definition) is 2. The van der Waals surface area contributed by atoms with Crippen molar-refractivity contribution < 1.29 is 14.6 Å². The number of carboxylic acid groups (broad SMARTS) is 1. The first-order valence-corrected chi connectivity index (χ1v) is 7.89. The summed E-state index contributed by atoms with van der Waals surface area (Å²) in [5.74, 6) is -0.238. The number of benzene rings is 1. The molecule has 1 aliphatic rings. The topological polar surface area (TPSA) is 58.6 Å². The Labute approximate surface area is 130 Å². The van der Waals surface area contributed by atoms with Crippen LogP contribution in [0.4, 0.5) is 5.69 Å². The zero-order valence-electron chi connectivity index (χ0n) is 12.3. The van der Waals surface area contributed by atoms with Gasteiger partial charge in [0.05, 0.1) is 17.5 Å². The molecule has 21 heavy (non-hydrogen) atoms. The first-order chi connectivity index (χ1) is 10.1. The van der Waals surface area contributed by atoms with Gasteiger partial charge in [0.15, 0.2) is 0 Å². The van der Waals surface area contributed by atoms with Crippen molar-refractivity contribution in [3.8, 4) is 5.75 Å². The minimum Gasteiger partial charge on any atom is -0.492 e. The second-order valence-electron chi connectivity index (χ2n) is 5.54. The molecule has 1 saturated carbocycles. The Bertz CT molecular complexity index is 492. The molecule has 1 fully saturated rings. The molecule has 5 heteroatoms. The average Bonchev–Trinajstić information content (AvgIpc) is 2.47. The molecule has 2 atom stereocenters. The number of hydrogen-bond acceptors (Lipinski definition) is 3. The molecule has 2 N–H and O–H groups in total. The highest BCUT2D eigenvalue weighted by Crippen LogP contribution is 2.31. The first-order valence-electron chi connectivity index (χ1n) is 7.51. The highest BCUT2D eigenvalue weighted by Gasteiger charge is 2.26. The van der Waals surface area contributed by atoms with Crippen LogP contribution in [0.2, 0.25) is 5.02 Å². The Morgan fingerprint density at radius 3 is 2.95 bits per heavy atom. The van der Waals surface area contributed by atoms with Gasteiger partial charge in [-0.1, -0.05) is 24.9 Å². The molecule has 0 amide bonds. The summed E-state index contributed by atoms with van der Waals surface area (Å²) in [6.07, 6.45) is 4.32. The van der Waals surface area contributed by atoms with Crippen molar-refractivity contribution in [1.29, 1.82) is 0 Å². The van der Waals surface area contributed by atoms with Gasteiger partial charge in [-0.05, 0) is 43.9 Å². The van der Waals surface area contributed by atoms with Gasteiger partial charge in [0, 0.05) is 11.7 Å². The van der Waals surface area contributed by atoms with E-state index in [1.807, 2.05) is 25.1 Å². The Hall–Kier alpha value is -1.42. The van der Waals surface area contributed by atoms with E-state index in [1.165, 1.54) is 0 Å². The minimum atomic E-state index is -0.692. The van der Waals surface area contributed by atoms with Gasteiger partial charge in [0.2, 0.25) is 0 Å². The first kappa shape index (κ1) is 16.0. The molecule has 0 heterocycles. The fraction of sp³-hybridized carbons (Fsp3) is 0.562. The second-order valence-corrected chi connectivity index (χ2v) is 5.94. The fourth-order valence-electron chi connectivity index (χ4n) is 2.70. The molecule has 0 spiro atoms. The molecule has 0 radical (unpaired) electrons. The number of aliphatic carboxylic acids is 1. The van der Waals surface area contributed by atoms with Gasteiger partial charge in [-0.25, -0.2) is 0 Å². The maximum atomic E-state index is 11.1. The summed E-state index contributed by atoms with van der Waals surface area (Å²) in [5.41, 5.74) is 0.917. The third-order valence-electron chi connectivity index (χ3n) is 3.79. The van der Waals surface area contributed by atoms with Crippen molar-refractivity contribution in [1.82, 2.24) is 0 Å². The monoisotopic (exact) mass is 311 g/mol. The van der Waals surface area contributed by atoms with Crippen LogP contribution in [0.5, 0.6) is 5.75 Å². The summed E-state index contributed by atoms with van der Waals surface area (Å²) in [6, 6.07) is 5.83. The Morgan fingerprint density at radius 2 is 2.29 bits per heavy atom. The highest BCUT2D eigenvalue weighted by atomic mass is 35.5. The maximum absolute atomic E-state index is 11.1. The third kappa shape index (κ3) is 4.53. The number of carbonyl (C=O) groups is 1. The third-order valence-corrected chi connectivity index (χ3v) is 4.08. The van der Waals surface area contributed by atoms with Crippen molar-refractivity contribution in [3.63, 3.8) is 0 Å². The molecule has 4 nitrogen and oxygen atoms in total. The normalized spacial score (nSPS) is 21.8. The molecule has 0 aromatic heterocycles. The lowest BCUT2D eigenvalue weighted by Gasteiger charge is -2.28. The van der Waals surface area contributed by atoms with E-state index in [0.717, 1.165) is 31.4 Å². The van der Waals surface area contributed by atoms with E-state index in [9.17, 15) is 4.79 Å². The van der Waals surface area contributed by atoms with Crippen LogP contribution < -0.4 is 10.1 Å². The molecular weight excluding hydrogens is 290 g/mol. The van der Waals surface area contributed by atoms with Gasteiger partial charge in [0.1, 0.15) is 5.75 Å². The molecule has 2 rings (SSSR count). The minimum absolute atomic E-state index is 0.193. The Morgan fingerprint density at radius 1 is 1.48 bits per heavy atom. The van der Waals surface area contributed by atoms with E-state index >= 15 is 0 Å². The van der Waals surface area contributed by atoms with Gasteiger partial charge in [0.25, 0.3) is 0 Å². The molecule has 0 aliphatic heterocycles. The fourth-order valence-corrected chi connectivity index (χ4v) is 2.94. The number of halogens is 1. The van der Waals surface area contributed by atoms with Gasteiger partial charge >= 0.3 is 5.97 Å². The number of nitrogens with one attached hydrogen (secondary N) is 1. The lowest BCUT2D eigenvalue weighted by atomic mass is 9.85. The maximum Gasteiger partial charge on any atom is 0.306 e.